The Labute approximate surface area is 267 Å². The fraction of sp³-hybridized carbons (Fsp3) is 0.471. The average Bonchev–Trinajstić information content (AvgIpc) is 3.56. The van der Waals surface area contributed by atoms with Crippen molar-refractivity contribution in [3.63, 3.8) is 0 Å². The van der Waals surface area contributed by atoms with Crippen molar-refractivity contribution in [3.8, 4) is 17.6 Å². The molecule has 2 atom stereocenters. The smallest absolute Gasteiger partial charge is 0.310 e. The fourth-order valence-corrected chi connectivity index (χ4v) is 6.39. The van der Waals surface area contributed by atoms with Gasteiger partial charge in [-0.05, 0) is 75.6 Å². The first-order chi connectivity index (χ1) is 21.7. The van der Waals surface area contributed by atoms with Crippen molar-refractivity contribution in [1.29, 1.82) is 0 Å². The van der Waals surface area contributed by atoms with Crippen molar-refractivity contribution < 1.29 is 33.6 Å². The number of primary amides is 1. The van der Waals surface area contributed by atoms with Crippen LogP contribution in [0.2, 0.25) is 0 Å². The van der Waals surface area contributed by atoms with Gasteiger partial charge in [0.05, 0.1) is 12.0 Å². The molecule has 3 amide bonds. The van der Waals surface area contributed by atoms with E-state index in [1.54, 1.807) is 37.8 Å². The largest absolute Gasteiger partial charge is 0.490 e. The Bertz CT molecular complexity index is 1660. The average molecular weight is 631 g/mol. The maximum Gasteiger partial charge on any atom is 0.310 e. The van der Waals surface area contributed by atoms with Gasteiger partial charge in [-0.2, -0.15) is 0 Å². The normalized spacial score (nSPS) is 18.7. The highest BCUT2D eigenvalue weighted by atomic mass is 16.6. The number of rotatable bonds is 8. The molecule has 12 nitrogen and oxygen atoms in total. The van der Waals surface area contributed by atoms with Crippen LogP contribution in [0.5, 0.6) is 5.75 Å². The summed E-state index contributed by atoms with van der Waals surface area (Å²) in [7, 11) is 1.33. The van der Waals surface area contributed by atoms with E-state index in [-0.39, 0.29) is 54.0 Å². The molecule has 1 saturated heterocycles. The molecular weight excluding hydrogens is 592 g/mol. The lowest BCUT2D eigenvalue weighted by molar-refractivity contribution is -0.385. The summed E-state index contributed by atoms with van der Waals surface area (Å²) in [5.41, 5.74) is 7.10. The number of nitro benzene ring substituents is 1. The van der Waals surface area contributed by atoms with E-state index >= 15 is 0 Å². The molecule has 0 unspecified atom stereocenters. The summed E-state index contributed by atoms with van der Waals surface area (Å²) in [5.74, 6) is 5.21. The zero-order valence-corrected chi connectivity index (χ0v) is 26.5. The van der Waals surface area contributed by atoms with Crippen molar-refractivity contribution in [2.24, 2.45) is 17.1 Å². The highest BCUT2D eigenvalue weighted by Gasteiger charge is 2.54. The molecule has 5 rings (SSSR count). The van der Waals surface area contributed by atoms with E-state index < -0.39 is 28.4 Å². The summed E-state index contributed by atoms with van der Waals surface area (Å²) in [6.45, 7) is 6.55. The van der Waals surface area contributed by atoms with Crippen LogP contribution in [-0.2, 0) is 20.9 Å². The third-order valence-electron chi connectivity index (χ3n) is 8.98. The van der Waals surface area contributed by atoms with Crippen LogP contribution in [0.25, 0.3) is 0 Å². The molecule has 242 valence electrons. The van der Waals surface area contributed by atoms with E-state index in [1.807, 2.05) is 6.07 Å². The van der Waals surface area contributed by atoms with E-state index in [4.69, 9.17) is 15.2 Å². The van der Waals surface area contributed by atoms with Crippen molar-refractivity contribution in [2.75, 3.05) is 20.2 Å². The number of likely N-dealkylation sites (tertiary alicyclic amines) is 1. The number of ether oxygens (including phenoxy) is 2. The molecule has 2 heterocycles. The van der Waals surface area contributed by atoms with Crippen molar-refractivity contribution in [1.82, 2.24) is 9.80 Å². The molecule has 2 N–H and O–H groups in total. The maximum absolute atomic E-state index is 13.3. The summed E-state index contributed by atoms with van der Waals surface area (Å²) in [5, 5.41) is 11.2. The Hall–Kier alpha value is -4.92. The zero-order valence-electron chi connectivity index (χ0n) is 26.5. The molecule has 0 radical (unpaired) electrons. The number of carbonyl (C=O) groups is 4. The van der Waals surface area contributed by atoms with Gasteiger partial charge in [0.15, 0.2) is 5.75 Å². The van der Waals surface area contributed by atoms with Gasteiger partial charge >= 0.3 is 11.7 Å². The Morgan fingerprint density at radius 2 is 1.89 bits per heavy atom. The summed E-state index contributed by atoms with van der Waals surface area (Å²) < 4.78 is 10.5. The minimum atomic E-state index is -0.958. The first-order valence-corrected chi connectivity index (χ1v) is 15.3. The molecule has 46 heavy (non-hydrogen) atoms. The number of nitro groups is 1. The van der Waals surface area contributed by atoms with Gasteiger partial charge in [-0.1, -0.05) is 17.9 Å². The summed E-state index contributed by atoms with van der Waals surface area (Å²) in [6, 6.07) is 8.53. The Kier molecular flexibility index (Phi) is 8.80. The van der Waals surface area contributed by atoms with Crippen LogP contribution < -0.4 is 10.5 Å². The van der Waals surface area contributed by atoms with Gasteiger partial charge in [-0.3, -0.25) is 29.3 Å². The number of esters is 1. The minimum Gasteiger partial charge on any atom is -0.490 e. The second-order valence-electron chi connectivity index (χ2n) is 13.1. The van der Waals surface area contributed by atoms with Gasteiger partial charge in [0.2, 0.25) is 5.91 Å². The Morgan fingerprint density at radius 1 is 1.17 bits per heavy atom. The van der Waals surface area contributed by atoms with Crippen molar-refractivity contribution >= 4 is 29.4 Å². The quantitative estimate of drug-likeness (QED) is 0.199. The maximum atomic E-state index is 13.3. The topological polar surface area (TPSA) is 162 Å². The molecule has 2 fully saturated rings. The second-order valence-corrected chi connectivity index (χ2v) is 13.1. The van der Waals surface area contributed by atoms with Gasteiger partial charge in [0.25, 0.3) is 11.8 Å². The molecule has 2 aromatic carbocycles. The lowest BCUT2D eigenvalue weighted by atomic mass is 9.90. The second kappa shape index (κ2) is 12.5. The Morgan fingerprint density at radius 3 is 2.52 bits per heavy atom. The third kappa shape index (κ3) is 6.68. The predicted octanol–water partition coefficient (Wildman–Crippen LogP) is 3.83. The lowest BCUT2D eigenvalue weighted by Gasteiger charge is -2.32. The monoisotopic (exact) mass is 630 g/mol. The Balaban J connectivity index is 1.22. The summed E-state index contributed by atoms with van der Waals surface area (Å²) >= 11 is 0. The molecular formula is C34H38N4O8. The lowest BCUT2D eigenvalue weighted by Crippen LogP contribution is -2.45. The molecule has 1 saturated carbocycles. The van der Waals surface area contributed by atoms with Gasteiger partial charge in [-0.25, -0.2) is 0 Å². The number of amides is 3. The van der Waals surface area contributed by atoms with Crippen LogP contribution in [0.3, 0.4) is 0 Å². The molecule has 3 aliphatic rings. The van der Waals surface area contributed by atoms with Crippen LogP contribution in [0, 0.1) is 33.3 Å². The third-order valence-corrected chi connectivity index (χ3v) is 8.98. The van der Waals surface area contributed by atoms with Gasteiger partial charge in [-0.15, -0.1) is 0 Å². The highest BCUT2D eigenvalue weighted by Crippen LogP contribution is 2.59. The van der Waals surface area contributed by atoms with E-state index in [0.29, 0.717) is 29.8 Å². The number of piperidine rings is 1. The number of benzene rings is 2. The highest BCUT2D eigenvalue weighted by molar-refractivity contribution is 6.01. The molecule has 2 aliphatic heterocycles. The van der Waals surface area contributed by atoms with E-state index in [0.717, 1.165) is 24.8 Å². The van der Waals surface area contributed by atoms with Crippen molar-refractivity contribution in [3.05, 3.63) is 68.8 Å². The number of nitrogens with two attached hydrogens (primary N) is 1. The SMILES string of the molecule is COc1cc(C(=O)N2CCC3(CC2)C[C@@H]3C#Cc2cccc3c2CN([C@@H](CCC(=O)OC(C)(C)C)C(N)=O)C3=O)ccc1[N+](=O)[O-]. The van der Waals surface area contributed by atoms with E-state index in [2.05, 4.69) is 11.8 Å². The minimum absolute atomic E-state index is 0.0233. The van der Waals surface area contributed by atoms with E-state index in [1.165, 1.54) is 30.2 Å². The number of hydrogen-bond acceptors (Lipinski definition) is 8. The molecule has 12 heteroatoms. The fourth-order valence-electron chi connectivity index (χ4n) is 6.39. The first-order valence-electron chi connectivity index (χ1n) is 15.3. The van der Waals surface area contributed by atoms with Crippen LogP contribution >= 0.6 is 0 Å². The van der Waals surface area contributed by atoms with Crippen LogP contribution in [0.4, 0.5) is 5.69 Å². The first kappa shape index (κ1) is 32.5. The molecule has 1 aliphatic carbocycles. The number of hydrogen-bond donors (Lipinski definition) is 1. The van der Waals surface area contributed by atoms with Crippen LogP contribution in [0.1, 0.15) is 84.7 Å². The standard InChI is InChI=1S/C34H38N4O8/c1-33(2,3)46-29(39)13-12-27(30(35)40)37-20-25-21(6-5-7-24(25)32(37)42)8-10-23-19-34(23)14-16-36(17-15-34)31(41)22-9-11-26(38(43)44)28(18-22)45-4/h5-7,9,11,18,23,27H,12-17,19-20H2,1-4H3,(H2,35,40)/t23-,27-/m0/s1. The number of methoxy groups -OCH3 is 1. The van der Waals surface area contributed by atoms with E-state index in [9.17, 15) is 29.3 Å². The van der Waals surface area contributed by atoms with Crippen LogP contribution in [-0.4, -0.2) is 70.3 Å². The van der Waals surface area contributed by atoms with Gasteiger partial charge in [0, 0.05) is 60.8 Å². The number of fused-ring (bicyclic) bond motifs is 1. The molecule has 2 aromatic rings. The molecule has 0 aromatic heterocycles. The molecule has 1 spiro atoms. The van der Waals surface area contributed by atoms with Crippen LogP contribution in [0.15, 0.2) is 36.4 Å². The van der Waals surface area contributed by atoms with Gasteiger partial charge < -0.3 is 25.0 Å². The summed E-state index contributed by atoms with van der Waals surface area (Å²) in [6.07, 6.45) is 2.51. The molecule has 0 bridgehead atoms. The predicted molar refractivity (Wildman–Crippen MR) is 167 cm³/mol. The number of carbonyl (C=O) groups excluding carboxylic acids is 4. The van der Waals surface area contributed by atoms with Crippen molar-refractivity contribution in [2.45, 2.75) is 71.1 Å². The number of nitrogens with zero attached hydrogens (tertiary/aromatic N) is 3. The summed E-state index contributed by atoms with van der Waals surface area (Å²) in [4.78, 5) is 64.9. The van der Waals surface area contributed by atoms with Gasteiger partial charge in [0.1, 0.15) is 11.6 Å². The zero-order chi connectivity index (χ0) is 33.4.